The van der Waals surface area contributed by atoms with Crippen LogP contribution >= 0.6 is 0 Å². The second-order valence-electron chi connectivity index (χ2n) is 16.4. The number of aliphatic hydroxyl groups is 2. The SMILES string of the molecule is CC(C)C[C@H](NC(=O)[C@@H]1CCCN1C(=O)[C@H](Cc1cnc[nH]1)NC(=O)[C@@H](NC(=O)[C@@H](NC(=O)[C@@H](N)C(C)C)[C@@H](C)O)[C@@H](C)O)C(=O)N[C@@H](C)C(=O)N[C@@H](CCCCN)C(=O)O. The Labute approximate surface area is 355 Å². The van der Waals surface area contributed by atoms with Crippen LogP contribution in [0.4, 0.5) is 0 Å². The highest BCUT2D eigenvalue weighted by atomic mass is 16.4. The van der Waals surface area contributed by atoms with E-state index in [-0.39, 0.29) is 44.1 Å². The van der Waals surface area contributed by atoms with E-state index >= 15 is 0 Å². The zero-order valence-electron chi connectivity index (χ0n) is 36.1. The number of hydrogen-bond donors (Lipinski definition) is 12. The lowest BCUT2D eigenvalue weighted by molar-refractivity contribution is -0.143. The summed E-state index contributed by atoms with van der Waals surface area (Å²) in [7, 11) is 0. The standard InChI is InChI=1S/C39H67N11O11/c1-19(2)15-26(33(54)44-21(5)32(53)45-25(39(60)61)11-8-9-13-40)46-34(55)28-12-10-14-50(28)38(59)27(16-24-17-42-18-43-24)47-36(57)30(22(6)51)49-37(58)31(23(7)52)48-35(56)29(41)20(3)4/h17-23,25-31,51-52H,8-16,40-41H2,1-7H3,(H,42,43)(H,44,54)(H,45,53)(H,46,55)(H,47,57)(H,48,56)(H,49,58)(H,60,61)/t21-,22+,23+,25-,26-,27-,28-,29-,30-,31-/m0/s1. The van der Waals surface area contributed by atoms with Crippen molar-refractivity contribution in [1.29, 1.82) is 0 Å². The Morgan fingerprint density at radius 3 is 1.90 bits per heavy atom. The van der Waals surface area contributed by atoms with Crippen LogP contribution in [-0.2, 0) is 44.8 Å². The van der Waals surface area contributed by atoms with Gasteiger partial charge in [-0.1, -0.05) is 27.7 Å². The van der Waals surface area contributed by atoms with Crippen LogP contribution in [0.15, 0.2) is 12.5 Å². The van der Waals surface area contributed by atoms with E-state index in [2.05, 4.69) is 41.9 Å². The molecule has 22 heteroatoms. The average molecular weight is 866 g/mol. The molecule has 14 N–H and O–H groups in total. The minimum Gasteiger partial charge on any atom is -0.480 e. The van der Waals surface area contributed by atoms with Gasteiger partial charge in [-0.15, -0.1) is 0 Å². The second-order valence-corrected chi connectivity index (χ2v) is 16.4. The molecular weight excluding hydrogens is 798 g/mol. The van der Waals surface area contributed by atoms with Crippen LogP contribution in [0.1, 0.15) is 92.7 Å². The summed E-state index contributed by atoms with van der Waals surface area (Å²) < 4.78 is 0. The number of carbonyl (C=O) groups excluding carboxylic acids is 7. The molecule has 61 heavy (non-hydrogen) atoms. The molecule has 1 saturated heterocycles. The fourth-order valence-electron chi connectivity index (χ4n) is 6.58. The molecule has 22 nitrogen and oxygen atoms in total. The van der Waals surface area contributed by atoms with Gasteiger partial charge in [0.05, 0.1) is 24.6 Å². The van der Waals surface area contributed by atoms with Crippen LogP contribution in [0.3, 0.4) is 0 Å². The summed E-state index contributed by atoms with van der Waals surface area (Å²) in [5.41, 5.74) is 11.8. The van der Waals surface area contributed by atoms with Crippen molar-refractivity contribution in [3.05, 3.63) is 18.2 Å². The summed E-state index contributed by atoms with van der Waals surface area (Å²) in [4.78, 5) is 114. The number of carboxylic acid groups (broad SMARTS) is 1. The first kappa shape index (κ1) is 51.9. The summed E-state index contributed by atoms with van der Waals surface area (Å²) in [6, 6.07) is -10.2. The molecule has 0 bridgehead atoms. The van der Waals surface area contributed by atoms with E-state index in [4.69, 9.17) is 11.5 Å². The number of hydrogen-bond acceptors (Lipinski definition) is 13. The fourth-order valence-corrected chi connectivity index (χ4v) is 6.58. The Morgan fingerprint density at radius 2 is 1.38 bits per heavy atom. The summed E-state index contributed by atoms with van der Waals surface area (Å²) in [6.45, 7) is 11.3. The lowest BCUT2D eigenvalue weighted by Gasteiger charge is -2.31. The first-order chi connectivity index (χ1) is 28.6. The maximum Gasteiger partial charge on any atom is 0.326 e. The molecule has 0 radical (unpaired) electrons. The highest BCUT2D eigenvalue weighted by Gasteiger charge is 2.41. The summed E-state index contributed by atoms with van der Waals surface area (Å²) in [5, 5.41) is 45.5. The van der Waals surface area contributed by atoms with Crippen LogP contribution < -0.4 is 43.4 Å². The largest absolute Gasteiger partial charge is 0.480 e. The number of H-pyrrole nitrogens is 1. The van der Waals surface area contributed by atoms with Gasteiger partial charge >= 0.3 is 5.97 Å². The van der Waals surface area contributed by atoms with Crippen LogP contribution in [0.5, 0.6) is 0 Å². The Hall–Kier alpha value is -5.19. The van der Waals surface area contributed by atoms with Crippen LogP contribution in [0.25, 0.3) is 0 Å². The number of amides is 7. The van der Waals surface area contributed by atoms with E-state index in [1.807, 2.05) is 13.8 Å². The summed E-state index contributed by atoms with van der Waals surface area (Å²) in [5.74, 6) is -7.17. The lowest BCUT2D eigenvalue weighted by atomic mass is 10.0. The molecule has 344 valence electrons. The lowest BCUT2D eigenvalue weighted by Crippen LogP contribution is -2.63. The van der Waals surface area contributed by atoms with E-state index in [0.717, 1.165) is 0 Å². The molecule has 10 atom stereocenters. The summed E-state index contributed by atoms with van der Waals surface area (Å²) >= 11 is 0. The Balaban J connectivity index is 2.27. The third-order valence-corrected chi connectivity index (χ3v) is 10.2. The van der Waals surface area contributed by atoms with Crippen molar-refractivity contribution < 1.29 is 53.7 Å². The van der Waals surface area contributed by atoms with Crippen LogP contribution in [0, 0.1) is 11.8 Å². The number of aliphatic hydroxyl groups excluding tert-OH is 2. The van der Waals surface area contributed by atoms with E-state index in [9.17, 15) is 53.7 Å². The predicted molar refractivity (Wildman–Crippen MR) is 220 cm³/mol. The molecule has 0 saturated carbocycles. The fraction of sp³-hybridized carbons (Fsp3) is 0.718. The van der Waals surface area contributed by atoms with Crippen LogP contribution in [0.2, 0.25) is 0 Å². The molecular formula is C39H67N11O11. The van der Waals surface area contributed by atoms with Crippen molar-refractivity contribution in [2.45, 2.75) is 154 Å². The smallest absolute Gasteiger partial charge is 0.326 e. The highest BCUT2D eigenvalue weighted by molar-refractivity contribution is 5.98. The molecule has 0 unspecified atom stereocenters. The third-order valence-electron chi connectivity index (χ3n) is 10.2. The first-order valence-corrected chi connectivity index (χ1v) is 20.7. The van der Waals surface area contributed by atoms with Gasteiger partial charge in [-0.3, -0.25) is 33.6 Å². The topological polar surface area (TPSA) is 353 Å². The highest BCUT2D eigenvalue weighted by Crippen LogP contribution is 2.21. The zero-order chi connectivity index (χ0) is 46.1. The number of carboxylic acids is 1. The maximum atomic E-state index is 14.3. The number of rotatable bonds is 25. The molecule has 1 aromatic heterocycles. The molecule has 0 aliphatic carbocycles. The molecule has 2 heterocycles. The first-order valence-electron chi connectivity index (χ1n) is 20.7. The van der Waals surface area contributed by atoms with Gasteiger partial charge in [0.2, 0.25) is 41.4 Å². The molecule has 0 aromatic carbocycles. The summed E-state index contributed by atoms with van der Waals surface area (Å²) in [6.07, 6.45) is 1.60. The van der Waals surface area contributed by atoms with Gasteiger partial charge in [-0.25, -0.2) is 9.78 Å². The van der Waals surface area contributed by atoms with Gasteiger partial charge in [-0.05, 0) is 77.7 Å². The minimum atomic E-state index is -1.68. The number of nitrogens with two attached hydrogens (primary N) is 2. The molecule has 1 aromatic rings. The van der Waals surface area contributed by atoms with Gasteiger partial charge in [0, 0.05) is 24.9 Å². The third kappa shape index (κ3) is 16.3. The number of nitrogens with one attached hydrogen (secondary N) is 7. The quantitative estimate of drug-likeness (QED) is 0.0433. The van der Waals surface area contributed by atoms with Crippen molar-refractivity contribution in [1.82, 2.24) is 46.8 Å². The average Bonchev–Trinajstić information content (AvgIpc) is 3.89. The number of carbonyl (C=O) groups is 8. The van der Waals surface area contributed by atoms with Crippen molar-refractivity contribution in [2.75, 3.05) is 13.1 Å². The normalized spacial score (nSPS) is 18.4. The number of aromatic amines is 1. The molecule has 1 aliphatic heterocycles. The number of imidazole rings is 1. The van der Waals surface area contributed by atoms with Gasteiger partial charge in [-0.2, -0.15) is 0 Å². The monoisotopic (exact) mass is 866 g/mol. The number of nitrogens with zero attached hydrogens (tertiary/aromatic N) is 2. The van der Waals surface area contributed by atoms with Crippen molar-refractivity contribution >= 4 is 47.3 Å². The van der Waals surface area contributed by atoms with Crippen molar-refractivity contribution in [3.63, 3.8) is 0 Å². The Kier molecular flexibility index (Phi) is 21.2. The number of likely N-dealkylation sites (tertiary alicyclic amines) is 1. The predicted octanol–water partition coefficient (Wildman–Crippen LogP) is -3.12. The molecule has 2 rings (SSSR count). The van der Waals surface area contributed by atoms with E-state index in [1.165, 1.54) is 38.2 Å². The Bertz CT molecular complexity index is 1640. The number of aromatic nitrogens is 2. The van der Waals surface area contributed by atoms with Gasteiger partial charge in [0.25, 0.3) is 0 Å². The minimum absolute atomic E-state index is 0.103. The van der Waals surface area contributed by atoms with E-state index in [1.54, 1.807) is 13.8 Å². The number of aliphatic carboxylic acids is 1. The van der Waals surface area contributed by atoms with Crippen LogP contribution in [-0.4, -0.2) is 151 Å². The second kappa shape index (κ2) is 24.9. The maximum absolute atomic E-state index is 14.3. The van der Waals surface area contributed by atoms with Crippen molar-refractivity contribution in [2.24, 2.45) is 23.3 Å². The molecule has 1 aliphatic rings. The molecule has 1 fully saturated rings. The zero-order valence-corrected chi connectivity index (χ0v) is 36.1. The van der Waals surface area contributed by atoms with Gasteiger partial charge in [0.1, 0.15) is 42.3 Å². The Morgan fingerprint density at radius 1 is 0.787 bits per heavy atom. The van der Waals surface area contributed by atoms with Gasteiger partial charge in [0.15, 0.2) is 0 Å². The molecule has 7 amide bonds. The van der Waals surface area contributed by atoms with Crippen molar-refractivity contribution in [3.8, 4) is 0 Å². The van der Waals surface area contributed by atoms with E-state index in [0.29, 0.717) is 31.5 Å². The number of unbranched alkanes of at least 4 members (excludes halogenated alkanes) is 1. The van der Waals surface area contributed by atoms with Gasteiger partial charge < -0.3 is 68.6 Å². The molecule has 0 spiro atoms. The van der Waals surface area contributed by atoms with E-state index < -0.39 is 108 Å².